The number of aromatic nitrogens is 2. The van der Waals surface area contributed by atoms with Gasteiger partial charge in [-0.15, -0.1) is 11.3 Å². The summed E-state index contributed by atoms with van der Waals surface area (Å²) in [4.78, 5) is 34.7. The number of nitrogens with zero attached hydrogens (tertiary/aromatic N) is 3. The van der Waals surface area contributed by atoms with Gasteiger partial charge in [-0.25, -0.2) is 4.98 Å². The molecule has 2 aromatic carbocycles. The van der Waals surface area contributed by atoms with Crippen LogP contribution in [0.2, 0.25) is 0 Å². The average Bonchev–Trinajstić information content (AvgIpc) is 3.26. The lowest BCUT2D eigenvalue weighted by Gasteiger charge is -2.27. The first-order valence-corrected chi connectivity index (χ1v) is 12.0. The normalized spacial score (nSPS) is 13.1. The molecule has 0 N–H and O–H groups in total. The van der Waals surface area contributed by atoms with Crippen molar-refractivity contribution in [3.05, 3.63) is 86.8 Å². The van der Waals surface area contributed by atoms with Crippen molar-refractivity contribution in [1.29, 1.82) is 0 Å². The number of hydrogen-bond donors (Lipinski definition) is 0. The second kappa shape index (κ2) is 9.30. The Balaban J connectivity index is 1.40. The summed E-state index contributed by atoms with van der Waals surface area (Å²) in [5.41, 5.74) is 2.70. The highest BCUT2D eigenvalue weighted by Gasteiger charge is 2.28. The molecule has 1 aliphatic heterocycles. The summed E-state index contributed by atoms with van der Waals surface area (Å²) in [6.07, 6.45) is 3.03. The molecule has 1 aliphatic rings. The van der Waals surface area contributed by atoms with E-state index in [1.807, 2.05) is 18.2 Å². The van der Waals surface area contributed by atoms with Crippen molar-refractivity contribution in [2.75, 3.05) is 20.8 Å². The van der Waals surface area contributed by atoms with Crippen molar-refractivity contribution in [3.63, 3.8) is 0 Å². The Morgan fingerprint density at radius 3 is 2.71 bits per heavy atom. The highest BCUT2D eigenvalue weighted by Crippen LogP contribution is 2.34. The van der Waals surface area contributed by atoms with Gasteiger partial charge in [0.1, 0.15) is 16.3 Å². The third kappa shape index (κ3) is 4.05. The Morgan fingerprint density at radius 1 is 1.12 bits per heavy atom. The summed E-state index contributed by atoms with van der Waals surface area (Å²) in [5.74, 6) is 1.01. The molecule has 34 heavy (non-hydrogen) atoms. The largest absolute Gasteiger partial charge is 0.497 e. The molecule has 0 bridgehead atoms. The van der Waals surface area contributed by atoms with Crippen molar-refractivity contribution < 1.29 is 14.3 Å². The summed E-state index contributed by atoms with van der Waals surface area (Å²) in [7, 11) is 3.12. The van der Waals surface area contributed by atoms with Gasteiger partial charge in [0.25, 0.3) is 11.5 Å². The molecule has 3 heterocycles. The van der Waals surface area contributed by atoms with Crippen LogP contribution >= 0.6 is 11.3 Å². The van der Waals surface area contributed by atoms with Crippen LogP contribution in [0.1, 0.15) is 26.4 Å². The number of fused-ring (bicyclic) bond motifs is 3. The summed E-state index contributed by atoms with van der Waals surface area (Å²) in [6, 6.07) is 15.3. The number of aryl methyl sites for hydroxylation is 2. The predicted octanol–water partition coefficient (Wildman–Crippen LogP) is 3.92. The molecule has 4 aromatic rings. The number of ether oxygens (including phenoxy) is 2. The minimum atomic E-state index is -0.101. The van der Waals surface area contributed by atoms with Crippen molar-refractivity contribution in [1.82, 2.24) is 14.5 Å². The average molecular weight is 476 g/mol. The fourth-order valence-corrected chi connectivity index (χ4v) is 5.58. The minimum absolute atomic E-state index is 0.00460. The quantitative estimate of drug-likeness (QED) is 0.423. The topological polar surface area (TPSA) is 73.7 Å². The van der Waals surface area contributed by atoms with Crippen LogP contribution in [-0.2, 0) is 25.9 Å². The zero-order valence-electron chi connectivity index (χ0n) is 19.1. The first-order valence-electron chi connectivity index (χ1n) is 11.1. The molecular weight excluding hydrogens is 450 g/mol. The van der Waals surface area contributed by atoms with Crippen LogP contribution in [0.3, 0.4) is 0 Å². The predicted molar refractivity (Wildman–Crippen MR) is 132 cm³/mol. The molecule has 0 fully saturated rings. The van der Waals surface area contributed by atoms with Crippen molar-refractivity contribution in [2.45, 2.75) is 25.9 Å². The van der Waals surface area contributed by atoms with Crippen molar-refractivity contribution in [3.8, 4) is 11.5 Å². The van der Waals surface area contributed by atoms with Gasteiger partial charge in [0.2, 0.25) is 0 Å². The Bertz CT molecular complexity index is 1410. The van der Waals surface area contributed by atoms with E-state index in [0.29, 0.717) is 48.5 Å². The smallest absolute Gasteiger partial charge is 0.262 e. The summed E-state index contributed by atoms with van der Waals surface area (Å²) >= 11 is 1.50. The molecule has 0 aliphatic carbocycles. The number of benzene rings is 2. The van der Waals surface area contributed by atoms with Crippen LogP contribution in [0, 0.1) is 0 Å². The highest BCUT2D eigenvalue weighted by atomic mass is 32.1. The number of hydrogen-bond acceptors (Lipinski definition) is 6. The van der Waals surface area contributed by atoms with E-state index in [1.54, 1.807) is 48.2 Å². The van der Waals surface area contributed by atoms with Crippen LogP contribution in [0.15, 0.2) is 59.7 Å². The van der Waals surface area contributed by atoms with Gasteiger partial charge in [-0.3, -0.25) is 14.2 Å². The van der Waals surface area contributed by atoms with Gasteiger partial charge >= 0.3 is 0 Å². The maximum atomic E-state index is 13.3. The van der Waals surface area contributed by atoms with Crippen LogP contribution in [0.25, 0.3) is 10.2 Å². The van der Waals surface area contributed by atoms with E-state index in [0.717, 1.165) is 21.7 Å². The molecule has 2 aromatic heterocycles. The molecule has 0 saturated heterocycles. The Morgan fingerprint density at radius 2 is 1.94 bits per heavy atom. The first-order chi connectivity index (χ1) is 16.6. The lowest BCUT2D eigenvalue weighted by molar-refractivity contribution is 0.0734. The van der Waals surface area contributed by atoms with Crippen molar-refractivity contribution >= 4 is 27.5 Å². The number of carbonyl (C=O) groups is 1. The lowest BCUT2D eigenvalue weighted by Crippen LogP contribution is -2.36. The molecule has 0 radical (unpaired) electrons. The number of thiophene rings is 1. The second-order valence-electron chi connectivity index (χ2n) is 8.21. The van der Waals surface area contributed by atoms with Crippen LogP contribution < -0.4 is 15.0 Å². The van der Waals surface area contributed by atoms with E-state index in [4.69, 9.17) is 9.47 Å². The maximum absolute atomic E-state index is 13.3. The fraction of sp³-hybridized carbons (Fsp3) is 0.269. The molecule has 5 rings (SSSR count). The number of rotatable bonds is 6. The van der Waals surface area contributed by atoms with E-state index >= 15 is 0 Å². The Hall–Kier alpha value is -3.65. The second-order valence-corrected chi connectivity index (χ2v) is 9.29. The zero-order chi connectivity index (χ0) is 23.7. The van der Waals surface area contributed by atoms with E-state index in [9.17, 15) is 9.59 Å². The van der Waals surface area contributed by atoms with E-state index in [-0.39, 0.29) is 11.5 Å². The van der Waals surface area contributed by atoms with E-state index in [1.165, 1.54) is 16.9 Å². The molecule has 7 nitrogen and oxygen atoms in total. The lowest BCUT2D eigenvalue weighted by atomic mass is 10.0. The van der Waals surface area contributed by atoms with Gasteiger partial charge in [0, 0.05) is 24.0 Å². The molecule has 0 saturated carbocycles. The Kier molecular flexibility index (Phi) is 6.06. The van der Waals surface area contributed by atoms with Gasteiger partial charge in [-0.05, 0) is 36.1 Å². The van der Waals surface area contributed by atoms with Gasteiger partial charge in [-0.1, -0.05) is 30.3 Å². The summed E-state index contributed by atoms with van der Waals surface area (Å²) in [6.45, 7) is 1.57. The number of amides is 1. The molecule has 0 unspecified atom stereocenters. The molecule has 8 heteroatoms. The van der Waals surface area contributed by atoms with Gasteiger partial charge in [0.05, 0.1) is 38.0 Å². The van der Waals surface area contributed by atoms with Gasteiger partial charge in [-0.2, -0.15) is 0 Å². The monoisotopic (exact) mass is 475 g/mol. The summed E-state index contributed by atoms with van der Waals surface area (Å²) in [5, 5.41) is 0.699. The van der Waals surface area contributed by atoms with Crippen LogP contribution in [-0.4, -0.2) is 41.1 Å². The molecule has 0 spiro atoms. The molecule has 1 amide bonds. The first kappa shape index (κ1) is 22.2. The number of carbonyl (C=O) groups excluding carboxylic acids is 1. The maximum Gasteiger partial charge on any atom is 0.262 e. The number of methoxy groups -OCH3 is 2. The third-order valence-corrected chi connectivity index (χ3v) is 7.36. The highest BCUT2D eigenvalue weighted by molar-refractivity contribution is 7.18. The van der Waals surface area contributed by atoms with E-state index in [2.05, 4.69) is 17.1 Å². The SMILES string of the molecule is COc1ccc(C(=O)N2CCc3c(sc4ncn(CCc5ccccc5)c(=O)c34)C2)c(OC)c1. The summed E-state index contributed by atoms with van der Waals surface area (Å²) < 4.78 is 12.4. The fourth-order valence-electron chi connectivity index (χ4n) is 4.39. The van der Waals surface area contributed by atoms with Crippen LogP contribution in [0.5, 0.6) is 11.5 Å². The molecule has 174 valence electrons. The van der Waals surface area contributed by atoms with Crippen LogP contribution in [0.4, 0.5) is 0 Å². The molecular formula is C26H25N3O4S. The standard InChI is InChI=1S/C26H25N3O4S/c1-32-18-8-9-19(21(14-18)33-2)25(30)28-13-11-20-22(15-28)34-24-23(20)26(31)29(16-27-24)12-10-17-6-4-3-5-7-17/h3-9,14,16H,10-13,15H2,1-2H3. The minimum Gasteiger partial charge on any atom is -0.497 e. The van der Waals surface area contributed by atoms with Gasteiger partial charge < -0.3 is 14.4 Å². The Labute approximate surface area is 201 Å². The van der Waals surface area contributed by atoms with Crippen molar-refractivity contribution in [2.24, 2.45) is 0 Å². The molecule has 0 atom stereocenters. The van der Waals surface area contributed by atoms with E-state index < -0.39 is 0 Å². The zero-order valence-corrected chi connectivity index (χ0v) is 19.9. The van der Waals surface area contributed by atoms with Gasteiger partial charge in [0.15, 0.2) is 0 Å². The third-order valence-electron chi connectivity index (χ3n) is 6.24.